The largest absolute Gasteiger partial charge is 0.460 e. The van der Waals surface area contributed by atoms with E-state index < -0.39 is 54.0 Å². The van der Waals surface area contributed by atoms with Crippen LogP contribution in [0.5, 0.6) is 0 Å². The molecule has 16 heteroatoms. The number of carbonyl (C=O) groups is 1. The van der Waals surface area contributed by atoms with Crippen molar-refractivity contribution in [3.63, 3.8) is 0 Å². The first-order valence-corrected chi connectivity index (χ1v) is 17.5. The van der Waals surface area contributed by atoms with E-state index in [9.17, 15) is 23.3 Å². The van der Waals surface area contributed by atoms with Crippen molar-refractivity contribution in [3.8, 4) is 6.07 Å². The summed E-state index contributed by atoms with van der Waals surface area (Å²) in [6.07, 6.45) is -1.21. The number of nitriles is 1. The Labute approximate surface area is 254 Å². The van der Waals surface area contributed by atoms with Crippen molar-refractivity contribution in [1.82, 2.24) is 19.1 Å². The van der Waals surface area contributed by atoms with Gasteiger partial charge in [-0.2, -0.15) is 10.2 Å². The monoisotopic (exact) mass is 644 g/mol. The quantitative estimate of drug-likeness (QED) is 0.294. The third-order valence-electron chi connectivity index (χ3n) is 6.97. The van der Waals surface area contributed by atoms with E-state index in [4.69, 9.17) is 26.2 Å². The van der Waals surface area contributed by atoms with Crippen LogP contribution in [-0.2, 0) is 28.6 Å². The summed E-state index contributed by atoms with van der Waals surface area (Å²) in [5.74, 6) is -0.365. The van der Waals surface area contributed by atoms with Crippen molar-refractivity contribution in [1.29, 1.82) is 5.26 Å². The minimum absolute atomic E-state index is 0.0463. The number of nitrogens with one attached hydrogen (secondary N) is 1. The number of amides is 1. The molecule has 2 saturated heterocycles. The van der Waals surface area contributed by atoms with Gasteiger partial charge in [-0.15, -0.1) is 0 Å². The lowest BCUT2D eigenvalue weighted by Gasteiger charge is -2.41. The topological polar surface area (TPSA) is 156 Å². The molecule has 2 aliphatic rings. The lowest BCUT2D eigenvalue weighted by atomic mass is 10.1. The van der Waals surface area contributed by atoms with Crippen LogP contribution in [-0.4, -0.2) is 99.3 Å². The van der Waals surface area contributed by atoms with Gasteiger partial charge in [0.2, 0.25) is 5.91 Å². The normalized spacial score (nSPS) is 25.3. The summed E-state index contributed by atoms with van der Waals surface area (Å²) in [5.41, 5.74) is -1.13. The number of thiocarbonyl (C=S) groups is 1. The van der Waals surface area contributed by atoms with E-state index in [0.29, 0.717) is 6.42 Å². The van der Waals surface area contributed by atoms with E-state index >= 15 is 0 Å². The standard InChI is InChI=1S/C26H41N6O7PS2/c1-8-20-22(39-40(18(6)15-27)32(16(2)3)17(4)5)23(38-26(41)30-11-13-42(35,36)14-12-30)24(37-20)31-10-9-21(28-19(7)33)29-25(31)34/h9-10,16-18,20,22-24H,8,11-14H2,1-7H3,(H,28,29,33,34). The molecule has 1 N–H and O–H groups in total. The number of anilines is 1. The fourth-order valence-electron chi connectivity index (χ4n) is 5.03. The van der Waals surface area contributed by atoms with Gasteiger partial charge in [-0.3, -0.25) is 14.0 Å². The van der Waals surface area contributed by atoms with Gasteiger partial charge in [-0.1, -0.05) is 6.92 Å². The summed E-state index contributed by atoms with van der Waals surface area (Å²) >= 11 is 5.63. The molecule has 0 saturated carbocycles. The molecule has 1 aromatic rings. The van der Waals surface area contributed by atoms with Crippen molar-refractivity contribution >= 4 is 47.3 Å². The highest BCUT2D eigenvalue weighted by Gasteiger charge is 2.51. The van der Waals surface area contributed by atoms with Crippen molar-refractivity contribution in [2.75, 3.05) is 29.9 Å². The minimum Gasteiger partial charge on any atom is -0.460 e. The van der Waals surface area contributed by atoms with E-state index in [1.54, 1.807) is 4.90 Å². The van der Waals surface area contributed by atoms with Gasteiger partial charge < -0.3 is 24.2 Å². The Hall–Kier alpha value is -2.21. The molecule has 6 atom stereocenters. The van der Waals surface area contributed by atoms with Gasteiger partial charge in [0.15, 0.2) is 22.2 Å². The zero-order chi connectivity index (χ0) is 31.4. The van der Waals surface area contributed by atoms with E-state index in [-0.39, 0.29) is 53.6 Å². The Bertz CT molecular complexity index is 1310. The molecule has 0 aromatic carbocycles. The van der Waals surface area contributed by atoms with Crippen molar-refractivity contribution in [2.45, 2.75) is 97.2 Å². The summed E-state index contributed by atoms with van der Waals surface area (Å²) in [6.45, 7) is 13.6. The zero-order valence-electron chi connectivity index (χ0n) is 25.1. The fourth-order valence-corrected chi connectivity index (χ4v) is 8.73. The fraction of sp³-hybridized carbons (Fsp3) is 0.731. The van der Waals surface area contributed by atoms with Gasteiger partial charge in [-0.05, 0) is 59.3 Å². The first kappa shape index (κ1) is 34.3. The smallest absolute Gasteiger partial charge is 0.351 e. The second kappa shape index (κ2) is 14.5. The Morgan fingerprint density at radius 2 is 1.88 bits per heavy atom. The molecule has 42 heavy (non-hydrogen) atoms. The Kier molecular flexibility index (Phi) is 11.8. The number of rotatable bonds is 10. The van der Waals surface area contributed by atoms with E-state index in [1.807, 2.05) is 41.5 Å². The molecule has 1 amide bonds. The lowest BCUT2D eigenvalue weighted by Crippen LogP contribution is -2.48. The van der Waals surface area contributed by atoms with Crippen LogP contribution in [0, 0.1) is 11.3 Å². The van der Waals surface area contributed by atoms with Gasteiger partial charge in [-0.25, -0.2) is 13.2 Å². The molecule has 0 radical (unpaired) electrons. The number of carbonyl (C=O) groups excluding carboxylic acids is 1. The molecule has 2 fully saturated rings. The van der Waals surface area contributed by atoms with Gasteiger partial charge in [0.05, 0.1) is 23.7 Å². The number of hydrogen-bond donors (Lipinski definition) is 1. The molecule has 1 aromatic heterocycles. The second-order valence-corrected chi connectivity index (χ2v) is 15.6. The molecule has 3 rings (SSSR count). The Morgan fingerprint density at radius 3 is 2.38 bits per heavy atom. The summed E-state index contributed by atoms with van der Waals surface area (Å²) in [4.78, 5) is 30.3. The van der Waals surface area contributed by atoms with Crippen molar-refractivity contribution in [3.05, 3.63) is 22.7 Å². The van der Waals surface area contributed by atoms with Crippen LogP contribution in [0.4, 0.5) is 5.82 Å². The highest BCUT2D eigenvalue weighted by atomic mass is 32.2. The third kappa shape index (κ3) is 8.24. The molecular formula is C26H41N6O7PS2. The predicted molar refractivity (Wildman–Crippen MR) is 164 cm³/mol. The molecule has 0 bridgehead atoms. The van der Waals surface area contributed by atoms with Gasteiger partial charge in [0.1, 0.15) is 25.9 Å². The SMILES string of the molecule is CCC1OC(n2ccc(NC(C)=O)nc2=O)C(OC(=S)N2CCS(=O)(=O)CC2)C1OP(C(C)C#N)N(C(C)C)C(C)C. The average molecular weight is 645 g/mol. The Morgan fingerprint density at radius 1 is 1.26 bits per heavy atom. The summed E-state index contributed by atoms with van der Waals surface area (Å²) < 4.78 is 47.0. The van der Waals surface area contributed by atoms with Crippen LogP contribution < -0.4 is 11.0 Å². The maximum atomic E-state index is 13.1. The van der Waals surface area contributed by atoms with Crippen LogP contribution in [0.2, 0.25) is 0 Å². The van der Waals surface area contributed by atoms with Crippen LogP contribution in [0.3, 0.4) is 0 Å². The maximum Gasteiger partial charge on any atom is 0.351 e. The number of ether oxygens (including phenoxy) is 2. The van der Waals surface area contributed by atoms with Gasteiger partial charge in [0.25, 0.3) is 5.17 Å². The molecule has 234 valence electrons. The molecular weight excluding hydrogens is 603 g/mol. The average Bonchev–Trinajstić information content (AvgIpc) is 3.23. The van der Waals surface area contributed by atoms with Crippen molar-refractivity contribution in [2.24, 2.45) is 0 Å². The minimum atomic E-state index is -3.15. The number of hydrogen-bond acceptors (Lipinski definition) is 11. The highest BCUT2D eigenvalue weighted by molar-refractivity contribution is 7.91. The third-order valence-corrected chi connectivity index (χ3v) is 11.5. The van der Waals surface area contributed by atoms with E-state index in [1.165, 1.54) is 23.8 Å². The molecule has 6 unspecified atom stereocenters. The maximum absolute atomic E-state index is 13.1. The molecule has 3 heterocycles. The van der Waals surface area contributed by atoms with Crippen LogP contribution >= 0.6 is 20.5 Å². The lowest BCUT2D eigenvalue weighted by molar-refractivity contribution is -0.114. The van der Waals surface area contributed by atoms with Crippen molar-refractivity contribution < 1.29 is 27.2 Å². The van der Waals surface area contributed by atoms with E-state index in [2.05, 4.69) is 21.0 Å². The first-order chi connectivity index (χ1) is 19.7. The van der Waals surface area contributed by atoms with Crippen LogP contribution in [0.15, 0.2) is 17.1 Å². The predicted octanol–water partition coefficient (Wildman–Crippen LogP) is 2.64. The highest BCUT2D eigenvalue weighted by Crippen LogP contribution is 2.53. The second-order valence-electron chi connectivity index (χ2n) is 10.9. The molecule has 13 nitrogen and oxygen atoms in total. The Balaban J connectivity index is 2.03. The zero-order valence-corrected chi connectivity index (χ0v) is 27.6. The van der Waals surface area contributed by atoms with Crippen LogP contribution in [0.1, 0.15) is 61.1 Å². The summed E-state index contributed by atoms with van der Waals surface area (Å²) in [6, 6.07) is 3.98. The molecule has 2 aliphatic heterocycles. The van der Waals surface area contributed by atoms with Gasteiger partial charge >= 0.3 is 5.69 Å². The number of aromatic nitrogens is 2. The number of sulfone groups is 1. The summed E-state index contributed by atoms with van der Waals surface area (Å²) in [7, 11) is -4.62. The number of nitrogens with zero attached hydrogens (tertiary/aromatic N) is 5. The molecule has 0 spiro atoms. The molecule has 0 aliphatic carbocycles. The summed E-state index contributed by atoms with van der Waals surface area (Å²) in [5, 5.41) is 12.5. The van der Waals surface area contributed by atoms with E-state index in [0.717, 1.165) is 0 Å². The van der Waals surface area contributed by atoms with Crippen LogP contribution in [0.25, 0.3) is 0 Å². The van der Waals surface area contributed by atoms with Gasteiger partial charge in [0, 0.05) is 38.3 Å². The first-order valence-electron chi connectivity index (χ1n) is 14.0.